The molecule has 1 heterocycles. The zero-order valence-corrected chi connectivity index (χ0v) is 16.2. The Hall–Kier alpha value is -3.67. The molecule has 6 heteroatoms. The van der Waals surface area contributed by atoms with E-state index in [1.807, 2.05) is 37.3 Å². The van der Waals surface area contributed by atoms with Crippen molar-refractivity contribution >= 4 is 17.5 Å². The van der Waals surface area contributed by atoms with Gasteiger partial charge in [-0.15, -0.1) is 0 Å². The second kappa shape index (κ2) is 9.50. The minimum Gasteiger partial charge on any atom is -0.508 e. The van der Waals surface area contributed by atoms with Crippen LogP contribution in [0.1, 0.15) is 23.1 Å². The Labute approximate surface area is 169 Å². The molecule has 2 aromatic carbocycles. The molecule has 0 bridgehead atoms. The molecule has 3 rings (SSSR count). The minimum atomic E-state index is -0.359. The lowest BCUT2D eigenvalue weighted by Gasteiger charge is -2.23. The molecule has 0 saturated heterocycles. The number of anilines is 1. The van der Waals surface area contributed by atoms with Crippen LogP contribution in [0.4, 0.5) is 5.69 Å². The van der Waals surface area contributed by atoms with E-state index in [1.165, 1.54) is 0 Å². The van der Waals surface area contributed by atoms with Crippen LogP contribution < -0.4 is 5.32 Å². The second-order valence-electron chi connectivity index (χ2n) is 6.87. The minimum absolute atomic E-state index is 0.163. The van der Waals surface area contributed by atoms with Crippen LogP contribution in [-0.4, -0.2) is 26.8 Å². The predicted octanol–water partition coefficient (Wildman–Crippen LogP) is 3.65. The lowest BCUT2D eigenvalue weighted by molar-refractivity contribution is -0.135. The summed E-state index contributed by atoms with van der Waals surface area (Å²) in [6.07, 6.45) is 3.11. The monoisotopic (exact) mass is 389 g/mol. The Kier molecular flexibility index (Phi) is 6.58. The van der Waals surface area contributed by atoms with Crippen molar-refractivity contribution in [1.82, 2.24) is 9.88 Å². The zero-order valence-electron chi connectivity index (χ0n) is 16.2. The summed E-state index contributed by atoms with van der Waals surface area (Å²) in [5.41, 5.74) is 3.43. The molecule has 2 amide bonds. The molecule has 0 radical (unpaired) electrons. The molecule has 0 spiro atoms. The van der Waals surface area contributed by atoms with Gasteiger partial charge in [-0.05, 0) is 53.9 Å². The number of phenols is 1. The van der Waals surface area contributed by atoms with Crippen molar-refractivity contribution in [2.24, 2.45) is 0 Å². The third-order valence-corrected chi connectivity index (χ3v) is 4.37. The lowest BCUT2D eigenvalue weighted by atomic mass is 10.1. The van der Waals surface area contributed by atoms with E-state index in [-0.39, 0.29) is 24.0 Å². The van der Waals surface area contributed by atoms with E-state index < -0.39 is 0 Å². The van der Waals surface area contributed by atoms with Gasteiger partial charge < -0.3 is 15.3 Å². The number of aromatic hydroxyl groups is 1. The van der Waals surface area contributed by atoms with Crippen LogP contribution in [0, 0.1) is 6.92 Å². The summed E-state index contributed by atoms with van der Waals surface area (Å²) in [7, 11) is 0. The van der Waals surface area contributed by atoms with Crippen molar-refractivity contribution in [3.8, 4) is 5.75 Å². The van der Waals surface area contributed by atoms with Gasteiger partial charge in [0.15, 0.2) is 0 Å². The number of benzene rings is 2. The van der Waals surface area contributed by atoms with E-state index in [0.29, 0.717) is 18.8 Å². The molecule has 0 aliphatic rings. The van der Waals surface area contributed by atoms with Crippen molar-refractivity contribution in [2.75, 3.05) is 5.32 Å². The molecule has 0 unspecified atom stereocenters. The number of hydrogen-bond donors (Lipinski definition) is 2. The van der Waals surface area contributed by atoms with E-state index in [2.05, 4.69) is 10.3 Å². The Morgan fingerprint density at radius 3 is 2.45 bits per heavy atom. The average molecular weight is 389 g/mol. The quantitative estimate of drug-likeness (QED) is 0.604. The highest BCUT2D eigenvalue weighted by atomic mass is 16.3. The maximum atomic E-state index is 12.9. The van der Waals surface area contributed by atoms with Crippen LogP contribution in [0.15, 0.2) is 73.1 Å². The molecule has 0 aliphatic heterocycles. The Balaban J connectivity index is 1.70. The summed E-state index contributed by atoms with van der Waals surface area (Å²) >= 11 is 0. The average Bonchev–Trinajstić information content (AvgIpc) is 2.70. The second-order valence-corrected chi connectivity index (χ2v) is 6.87. The van der Waals surface area contributed by atoms with Gasteiger partial charge >= 0.3 is 0 Å². The van der Waals surface area contributed by atoms with Crippen LogP contribution in [0.5, 0.6) is 5.75 Å². The fourth-order valence-electron chi connectivity index (χ4n) is 2.94. The summed E-state index contributed by atoms with van der Waals surface area (Å²) in [5.74, 6) is -0.481. The summed E-state index contributed by atoms with van der Waals surface area (Å²) in [4.78, 5) is 31.0. The SMILES string of the molecule is Cc1cccc(NC(=O)CC(=O)N(Cc2ccc(O)cc2)Cc2cccnc2)c1. The van der Waals surface area contributed by atoms with Gasteiger partial charge in [-0.3, -0.25) is 14.6 Å². The number of carbonyl (C=O) groups excluding carboxylic acids is 2. The summed E-state index contributed by atoms with van der Waals surface area (Å²) in [6.45, 7) is 2.60. The molecule has 3 aromatic rings. The van der Waals surface area contributed by atoms with E-state index in [9.17, 15) is 14.7 Å². The van der Waals surface area contributed by atoms with Gasteiger partial charge in [-0.1, -0.05) is 30.3 Å². The summed E-state index contributed by atoms with van der Waals surface area (Å²) in [5, 5.41) is 12.2. The van der Waals surface area contributed by atoms with Crippen molar-refractivity contribution in [3.63, 3.8) is 0 Å². The van der Waals surface area contributed by atoms with Gasteiger partial charge in [0.05, 0.1) is 0 Å². The Morgan fingerprint density at radius 1 is 1.00 bits per heavy atom. The van der Waals surface area contributed by atoms with Crippen LogP contribution in [0.2, 0.25) is 0 Å². The number of phenolic OH excluding ortho intramolecular Hbond substituents is 1. The maximum Gasteiger partial charge on any atom is 0.233 e. The van der Waals surface area contributed by atoms with Gasteiger partial charge in [-0.25, -0.2) is 0 Å². The Bertz CT molecular complexity index is 972. The third-order valence-electron chi connectivity index (χ3n) is 4.37. The van der Waals surface area contributed by atoms with Crippen LogP contribution >= 0.6 is 0 Å². The summed E-state index contributed by atoms with van der Waals surface area (Å²) < 4.78 is 0. The first kappa shape index (κ1) is 20.1. The van der Waals surface area contributed by atoms with E-state index in [4.69, 9.17) is 0 Å². The molecule has 148 valence electrons. The number of nitrogens with zero attached hydrogens (tertiary/aromatic N) is 2. The van der Waals surface area contributed by atoms with E-state index in [0.717, 1.165) is 16.7 Å². The van der Waals surface area contributed by atoms with E-state index >= 15 is 0 Å². The molecule has 6 nitrogen and oxygen atoms in total. The van der Waals surface area contributed by atoms with Gasteiger partial charge in [0.25, 0.3) is 0 Å². The molecule has 2 N–H and O–H groups in total. The number of nitrogens with one attached hydrogen (secondary N) is 1. The molecular formula is C23H23N3O3. The van der Waals surface area contributed by atoms with Gasteiger partial charge in [0.2, 0.25) is 11.8 Å². The normalized spacial score (nSPS) is 10.4. The molecule has 0 atom stereocenters. The van der Waals surface area contributed by atoms with Crippen LogP contribution in [0.3, 0.4) is 0 Å². The number of rotatable bonds is 7. The lowest BCUT2D eigenvalue weighted by Crippen LogP contribution is -2.33. The van der Waals surface area contributed by atoms with Crippen molar-refractivity contribution in [1.29, 1.82) is 0 Å². The standard InChI is InChI=1S/C23H23N3O3/c1-17-4-2-6-20(12-17)25-22(28)13-23(29)26(16-19-5-3-11-24-14-19)15-18-7-9-21(27)10-8-18/h2-12,14,27H,13,15-16H2,1H3,(H,25,28). The molecule has 29 heavy (non-hydrogen) atoms. The topological polar surface area (TPSA) is 82.5 Å². The van der Waals surface area contributed by atoms with Gasteiger partial charge in [0, 0.05) is 31.2 Å². The third kappa shape index (κ3) is 6.17. The fraction of sp³-hybridized carbons (Fsp3) is 0.174. The zero-order chi connectivity index (χ0) is 20.6. The van der Waals surface area contributed by atoms with Crippen molar-refractivity contribution < 1.29 is 14.7 Å². The highest BCUT2D eigenvalue weighted by Crippen LogP contribution is 2.15. The fourth-order valence-corrected chi connectivity index (χ4v) is 2.94. The van der Waals surface area contributed by atoms with Crippen molar-refractivity contribution in [3.05, 3.63) is 89.7 Å². The molecule has 0 aliphatic carbocycles. The largest absolute Gasteiger partial charge is 0.508 e. The van der Waals surface area contributed by atoms with Crippen LogP contribution in [0.25, 0.3) is 0 Å². The van der Waals surface area contributed by atoms with Gasteiger partial charge in [0.1, 0.15) is 12.2 Å². The van der Waals surface area contributed by atoms with E-state index in [1.54, 1.807) is 47.6 Å². The Morgan fingerprint density at radius 2 is 1.76 bits per heavy atom. The molecular weight excluding hydrogens is 366 g/mol. The highest BCUT2D eigenvalue weighted by molar-refractivity contribution is 6.03. The van der Waals surface area contributed by atoms with Crippen LogP contribution in [-0.2, 0) is 22.7 Å². The number of amides is 2. The van der Waals surface area contributed by atoms with Crippen molar-refractivity contribution in [2.45, 2.75) is 26.4 Å². The molecule has 0 fully saturated rings. The number of aryl methyl sites for hydroxylation is 1. The smallest absolute Gasteiger partial charge is 0.233 e. The number of carbonyl (C=O) groups is 2. The van der Waals surface area contributed by atoms with Gasteiger partial charge in [-0.2, -0.15) is 0 Å². The first-order chi connectivity index (χ1) is 14.0. The molecule has 1 aromatic heterocycles. The highest BCUT2D eigenvalue weighted by Gasteiger charge is 2.18. The summed E-state index contributed by atoms with van der Waals surface area (Å²) in [6, 6.07) is 17.8. The predicted molar refractivity (Wildman–Crippen MR) is 111 cm³/mol. The maximum absolute atomic E-state index is 12.9. The first-order valence-electron chi connectivity index (χ1n) is 9.31. The number of hydrogen-bond acceptors (Lipinski definition) is 4. The molecule has 0 saturated carbocycles. The number of aromatic nitrogens is 1. The first-order valence-corrected chi connectivity index (χ1v) is 9.31. The number of pyridine rings is 1.